The van der Waals surface area contributed by atoms with Crippen LogP contribution in [0.2, 0.25) is 0 Å². The van der Waals surface area contributed by atoms with Gasteiger partial charge in [0.2, 0.25) is 0 Å². The molecule has 194 valence electrons. The van der Waals surface area contributed by atoms with E-state index in [2.05, 4.69) is 10.6 Å². The number of amides is 3. The van der Waals surface area contributed by atoms with Crippen molar-refractivity contribution in [1.82, 2.24) is 0 Å². The summed E-state index contributed by atoms with van der Waals surface area (Å²) in [5.74, 6) is -0.251. The lowest BCUT2D eigenvalue weighted by Gasteiger charge is -2.16. The van der Waals surface area contributed by atoms with E-state index in [-0.39, 0.29) is 16.6 Å². The van der Waals surface area contributed by atoms with Crippen LogP contribution in [0.5, 0.6) is 11.5 Å². The molecule has 1 heterocycles. The Kier molecular flexibility index (Phi) is 7.17. The SMILES string of the molecule is Cc1ccc(NC(=O)c2ccc(NC3=C(Cl)C(=O)N(c4ccc(Oc5ccccc5)cc4)C3=O)cc2)c(C)c1. The number of nitrogens with one attached hydrogen (secondary N) is 2. The number of ether oxygens (including phenoxy) is 1. The van der Waals surface area contributed by atoms with Gasteiger partial charge in [-0.2, -0.15) is 0 Å². The number of carbonyl (C=O) groups excluding carboxylic acids is 3. The van der Waals surface area contributed by atoms with Crippen molar-refractivity contribution < 1.29 is 19.1 Å². The van der Waals surface area contributed by atoms with Gasteiger partial charge in [0.25, 0.3) is 17.7 Å². The monoisotopic (exact) mass is 537 g/mol. The van der Waals surface area contributed by atoms with Crippen LogP contribution in [0.1, 0.15) is 21.5 Å². The van der Waals surface area contributed by atoms with E-state index >= 15 is 0 Å². The Bertz CT molecular complexity index is 1600. The van der Waals surface area contributed by atoms with Crippen molar-refractivity contribution in [2.75, 3.05) is 15.5 Å². The predicted octanol–water partition coefficient (Wildman–Crippen LogP) is 6.78. The van der Waals surface area contributed by atoms with Crippen LogP contribution in [-0.4, -0.2) is 17.7 Å². The molecule has 0 fully saturated rings. The largest absolute Gasteiger partial charge is 0.457 e. The highest BCUT2D eigenvalue weighted by atomic mass is 35.5. The lowest BCUT2D eigenvalue weighted by molar-refractivity contribution is -0.120. The second-order valence-corrected chi connectivity index (χ2v) is 9.40. The van der Waals surface area contributed by atoms with Crippen molar-refractivity contribution in [1.29, 1.82) is 0 Å². The van der Waals surface area contributed by atoms with E-state index < -0.39 is 11.8 Å². The Labute approximate surface area is 230 Å². The maximum absolute atomic E-state index is 13.1. The van der Waals surface area contributed by atoms with E-state index in [0.717, 1.165) is 21.7 Å². The molecule has 0 spiro atoms. The second kappa shape index (κ2) is 10.8. The zero-order valence-electron chi connectivity index (χ0n) is 21.2. The summed E-state index contributed by atoms with van der Waals surface area (Å²) >= 11 is 6.27. The minimum atomic E-state index is -0.634. The zero-order valence-corrected chi connectivity index (χ0v) is 22.0. The number of halogens is 1. The van der Waals surface area contributed by atoms with E-state index in [1.165, 1.54) is 0 Å². The maximum atomic E-state index is 13.1. The molecule has 0 saturated heterocycles. The molecule has 4 aromatic rings. The Morgan fingerprint density at radius 3 is 2.13 bits per heavy atom. The Balaban J connectivity index is 1.26. The second-order valence-electron chi connectivity index (χ2n) is 9.02. The van der Waals surface area contributed by atoms with Gasteiger partial charge in [0.1, 0.15) is 22.2 Å². The Hall–Kier alpha value is -4.88. The molecule has 0 aliphatic carbocycles. The van der Waals surface area contributed by atoms with Gasteiger partial charge in [0.05, 0.1) is 5.69 Å². The van der Waals surface area contributed by atoms with Gasteiger partial charge in [-0.1, -0.05) is 47.5 Å². The molecule has 1 aliphatic rings. The molecule has 8 heteroatoms. The van der Waals surface area contributed by atoms with Gasteiger partial charge >= 0.3 is 0 Å². The Morgan fingerprint density at radius 1 is 0.795 bits per heavy atom. The van der Waals surface area contributed by atoms with Gasteiger partial charge in [-0.25, -0.2) is 4.90 Å². The number of rotatable bonds is 7. The lowest BCUT2D eigenvalue weighted by Crippen LogP contribution is -2.32. The molecule has 0 aromatic heterocycles. The molecule has 2 N–H and O–H groups in total. The third-order valence-electron chi connectivity index (χ3n) is 6.15. The average molecular weight is 538 g/mol. The minimum absolute atomic E-state index is 0.0428. The smallest absolute Gasteiger partial charge is 0.283 e. The van der Waals surface area contributed by atoms with Crippen LogP contribution in [0.15, 0.2) is 108 Å². The Morgan fingerprint density at radius 2 is 1.46 bits per heavy atom. The fraction of sp³-hybridized carbons (Fsp3) is 0.0645. The molecule has 0 radical (unpaired) electrons. The summed E-state index contributed by atoms with van der Waals surface area (Å²) < 4.78 is 5.78. The van der Waals surface area contributed by atoms with E-state index in [9.17, 15) is 14.4 Å². The molecule has 7 nitrogen and oxygen atoms in total. The molecule has 0 atom stereocenters. The van der Waals surface area contributed by atoms with E-state index in [4.69, 9.17) is 16.3 Å². The number of nitrogens with zero attached hydrogens (tertiary/aromatic N) is 1. The number of hydrogen-bond donors (Lipinski definition) is 2. The van der Waals surface area contributed by atoms with Gasteiger partial charge in [-0.3, -0.25) is 14.4 Å². The summed E-state index contributed by atoms with van der Waals surface area (Å²) in [7, 11) is 0. The van der Waals surface area contributed by atoms with Gasteiger partial charge in [-0.15, -0.1) is 0 Å². The van der Waals surface area contributed by atoms with Crippen LogP contribution in [0.3, 0.4) is 0 Å². The number of para-hydroxylation sites is 1. The molecule has 0 saturated carbocycles. The molecule has 4 aromatic carbocycles. The quantitative estimate of drug-likeness (QED) is 0.254. The summed E-state index contributed by atoms with van der Waals surface area (Å²) in [6, 6.07) is 28.2. The summed E-state index contributed by atoms with van der Waals surface area (Å²) in [6.45, 7) is 3.93. The predicted molar refractivity (Wildman–Crippen MR) is 152 cm³/mol. The third kappa shape index (κ3) is 5.54. The zero-order chi connectivity index (χ0) is 27.5. The molecular weight excluding hydrogens is 514 g/mol. The van der Waals surface area contributed by atoms with Gasteiger partial charge < -0.3 is 15.4 Å². The highest BCUT2D eigenvalue weighted by Crippen LogP contribution is 2.32. The lowest BCUT2D eigenvalue weighted by atomic mass is 10.1. The molecule has 1 aliphatic heterocycles. The third-order valence-corrected chi connectivity index (χ3v) is 6.50. The van der Waals surface area contributed by atoms with Crippen molar-refractivity contribution in [2.45, 2.75) is 13.8 Å². The molecule has 5 rings (SSSR count). The van der Waals surface area contributed by atoms with Crippen molar-refractivity contribution in [2.24, 2.45) is 0 Å². The fourth-order valence-electron chi connectivity index (χ4n) is 4.13. The summed E-state index contributed by atoms with van der Waals surface area (Å²) in [4.78, 5) is 39.7. The first-order valence-corrected chi connectivity index (χ1v) is 12.5. The van der Waals surface area contributed by atoms with Crippen LogP contribution in [-0.2, 0) is 9.59 Å². The topological polar surface area (TPSA) is 87.7 Å². The first-order chi connectivity index (χ1) is 18.8. The molecule has 3 amide bonds. The number of hydrogen-bond acceptors (Lipinski definition) is 5. The van der Waals surface area contributed by atoms with Crippen LogP contribution >= 0.6 is 11.6 Å². The van der Waals surface area contributed by atoms with Crippen molar-refractivity contribution in [3.05, 3.63) is 124 Å². The van der Waals surface area contributed by atoms with Crippen LogP contribution < -0.4 is 20.3 Å². The highest BCUT2D eigenvalue weighted by molar-refractivity contribution is 6.53. The number of anilines is 3. The van der Waals surface area contributed by atoms with E-state index in [1.54, 1.807) is 48.5 Å². The summed E-state index contributed by atoms with van der Waals surface area (Å²) in [5, 5.41) is 5.61. The van der Waals surface area contributed by atoms with Crippen molar-refractivity contribution in [3.63, 3.8) is 0 Å². The first-order valence-electron chi connectivity index (χ1n) is 12.2. The molecular formula is C31H24ClN3O4. The summed E-state index contributed by atoms with van der Waals surface area (Å²) in [6.07, 6.45) is 0. The molecule has 0 unspecified atom stereocenters. The standard InChI is InChI=1S/C31H24ClN3O4/c1-19-8-17-26(20(2)18-19)34-29(36)21-9-11-22(12-10-21)33-28-27(32)30(37)35(31(28)38)23-13-15-25(16-14-23)39-24-6-4-3-5-7-24/h3-18,33H,1-2H3,(H,34,36). The van der Waals surface area contributed by atoms with Crippen molar-refractivity contribution in [3.8, 4) is 11.5 Å². The normalized spacial score (nSPS) is 13.1. The first kappa shape index (κ1) is 25.8. The number of carbonyl (C=O) groups is 3. The average Bonchev–Trinajstić information content (AvgIpc) is 3.14. The van der Waals surface area contributed by atoms with E-state index in [0.29, 0.717) is 28.4 Å². The number of imide groups is 1. The van der Waals surface area contributed by atoms with Crippen molar-refractivity contribution >= 4 is 46.4 Å². The minimum Gasteiger partial charge on any atom is -0.457 e. The van der Waals surface area contributed by atoms with Gasteiger partial charge in [0, 0.05) is 16.9 Å². The van der Waals surface area contributed by atoms with Crippen LogP contribution in [0.25, 0.3) is 0 Å². The number of benzene rings is 4. The van der Waals surface area contributed by atoms with Crippen LogP contribution in [0.4, 0.5) is 17.1 Å². The highest BCUT2D eigenvalue weighted by Gasteiger charge is 2.39. The van der Waals surface area contributed by atoms with Gasteiger partial charge in [0.15, 0.2) is 0 Å². The number of aryl methyl sites for hydroxylation is 2. The fourth-order valence-corrected chi connectivity index (χ4v) is 4.34. The van der Waals surface area contributed by atoms with Crippen LogP contribution in [0, 0.1) is 13.8 Å². The van der Waals surface area contributed by atoms with Gasteiger partial charge in [-0.05, 0) is 86.1 Å². The molecule has 39 heavy (non-hydrogen) atoms. The maximum Gasteiger partial charge on any atom is 0.283 e. The summed E-state index contributed by atoms with van der Waals surface area (Å²) in [5.41, 5.74) is 4.07. The van der Waals surface area contributed by atoms with E-state index in [1.807, 2.05) is 62.4 Å². The molecule has 0 bridgehead atoms.